The molecule has 0 radical (unpaired) electrons. The molecule has 144 valence electrons. The fourth-order valence-corrected chi connectivity index (χ4v) is 3.50. The van der Waals surface area contributed by atoms with Gasteiger partial charge in [-0.25, -0.2) is 4.39 Å². The average molecular weight is 369 g/mol. The third kappa shape index (κ3) is 6.15. The quantitative estimate of drug-likeness (QED) is 0.849. The van der Waals surface area contributed by atoms with Crippen LogP contribution >= 0.6 is 0 Å². The van der Waals surface area contributed by atoms with Gasteiger partial charge in [-0.2, -0.15) is 0 Å². The minimum Gasteiger partial charge on any atom is -0.348 e. The van der Waals surface area contributed by atoms with E-state index in [0.717, 1.165) is 50.3 Å². The van der Waals surface area contributed by atoms with Crippen LogP contribution in [0.15, 0.2) is 54.6 Å². The molecular formula is C22H28FN3O. The Hall–Kier alpha value is -2.24. The monoisotopic (exact) mass is 369 g/mol. The minimum atomic E-state index is -0.198. The van der Waals surface area contributed by atoms with Gasteiger partial charge in [0.15, 0.2) is 0 Å². The molecule has 1 aliphatic heterocycles. The summed E-state index contributed by atoms with van der Waals surface area (Å²) in [7, 11) is 0. The van der Waals surface area contributed by atoms with Gasteiger partial charge in [0.25, 0.3) is 0 Å². The summed E-state index contributed by atoms with van der Waals surface area (Å²) in [5.74, 6) is -0.130. The Balaban J connectivity index is 1.45. The van der Waals surface area contributed by atoms with Crippen molar-refractivity contribution in [1.29, 1.82) is 0 Å². The highest BCUT2D eigenvalue weighted by molar-refractivity contribution is 5.78. The molecule has 1 aliphatic rings. The highest BCUT2D eigenvalue weighted by atomic mass is 19.1. The molecule has 1 fully saturated rings. The molecule has 1 amide bonds. The number of nitrogens with zero attached hydrogens (tertiary/aromatic N) is 2. The highest BCUT2D eigenvalue weighted by Gasteiger charge is 2.18. The van der Waals surface area contributed by atoms with Gasteiger partial charge >= 0.3 is 0 Å². The normalized spacial score (nSPS) is 17.3. The number of hydrogen-bond donors (Lipinski definition) is 1. The predicted octanol–water partition coefficient (Wildman–Crippen LogP) is 3.21. The van der Waals surface area contributed by atoms with Crippen LogP contribution in [0.3, 0.4) is 0 Å². The van der Waals surface area contributed by atoms with Crippen molar-refractivity contribution in [3.05, 3.63) is 71.5 Å². The number of carbonyl (C=O) groups is 1. The van der Waals surface area contributed by atoms with Gasteiger partial charge < -0.3 is 5.32 Å². The van der Waals surface area contributed by atoms with Gasteiger partial charge in [0, 0.05) is 19.6 Å². The molecule has 0 aromatic heterocycles. The van der Waals surface area contributed by atoms with Crippen LogP contribution in [0, 0.1) is 5.82 Å². The van der Waals surface area contributed by atoms with Crippen LogP contribution in [-0.2, 0) is 11.3 Å². The van der Waals surface area contributed by atoms with Crippen LogP contribution in [0.25, 0.3) is 0 Å². The Kier molecular flexibility index (Phi) is 6.96. The molecule has 1 heterocycles. The molecule has 2 aromatic rings. The van der Waals surface area contributed by atoms with E-state index in [1.807, 2.05) is 49.4 Å². The molecule has 1 N–H and O–H groups in total. The van der Waals surface area contributed by atoms with Gasteiger partial charge in [-0.15, -0.1) is 0 Å². The number of amides is 1. The van der Waals surface area contributed by atoms with E-state index in [-0.39, 0.29) is 17.8 Å². The van der Waals surface area contributed by atoms with E-state index in [0.29, 0.717) is 6.54 Å². The molecule has 0 aliphatic carbocycles. The second-order valence-corrected chi connectivity index (χ2v) is 7.23. The van der Waals surface area contributed by atoms with E-state index in [1.165, 1.54) is 12.1 Å². The fourth-order valence-electron chi connectivity index (χ4n) is 3.50. The lowest BCUT2D eigenvalue weighted by Crippen LogP contribution is -2.40. The molecule has 1 saturated heterocycles. The van der Waals surface area contributed by atoms with E-state index in [1.54, 1.807) is 0 Å². The second-order valence-electron chi connectivity index (χ2n) is 7.23. The Morgan fingerprint density at radius 1 is 1.00 bits per heavy atom. The first-order chi connectivity index (χ1) is 13.1. The smallest absolute Gasteiger partial charge is 0.234 e. The summed E-state index contributed by atoms with van der Waals surface area (Å²) in [4.78, 5) is 17.0. The maximum absolute atomic E-state index is 13.0. The van der Waals surface area contributed by atoms with E-state index >= 15 is 0 Å². The summed E-state index contributed by atoms with van der Waals surface area (Å²) in [6, 6.07) is 16.7. The van der Waals surface area contributed by atoms with Crippen LogP contribution in [0.1, 0.15) is 30.5 Å². The molecule has 4 nitrogen and oxygen atoms in total. The molecule has 0 saturated carbocycles. The van der Waals surface area contributed by atoms with Crippen LogP contribution in [0.4, 0.5) is 4.39 Å². The number of carbonyl (C=O) groups excluding carboxylic acids is 1. The van der Waals surface area contributed by atoms with Crippen LogP contribution in [0.2, 0.25) is 0 Å². The first-order valence-corrected chi connectivity index (χ1v) is 9.63. The molecule has 27 heavy (non-hydrogen) atoms. The lowest BCUT2D eigenvalue weighted by molar-refractivity contribution is -0.122. The minimum absolute atomic E-state index is 0.0145. The maximum Gasteiger partial charge on any atom is 0.234 e. The standard InChI is InChI=1S/C22H28FN3O/c1-18(20-6-3-2-4-7-20)24-22(27)17-26-13-5-12-25(14-15-26)16-19-8-10-21(23)11-9-19/h2-4,6-11,18H,5,12-17H2,1H3,(H,24,27). The number of benzene rings is 2. The Labute approximate surface area is 161 Å². The van der Waals surface area contributed by atoms with Crippen molar-refractivity contribution < 1.29 is 9.18 Å². The van der Waals surface area contributed by atoms with E-state index in [2.05, 4.69) is 15.1 Å². The van der Waals surface area contributed by atoms with E-state index in [9.17, 15) is 9.18 Å². The summed E-state index contributed by atoms with van der Waals surface area (Å²) in [5.41, 5.74) is 2.24. The van der Waals surface area contributed by atoms with Crippen molar-refractivity contribution in [3.63, 3.8) is 0 Å². The van der Waals surface area contributed by atoms with Gasteiger partial charge in [-0.3, -0.25) is 14.6 Å². The predicted molar refractivity (Wildman–Crippen MR) is 106 cm³/mol. The van der Waals surface area contributed by atoms with Crippen LogP contribution < -0.4 is 5.32 Å². The molecule has 1 atom stereocenters. The van der Waals surface area contributed by atoms with Gasteiger partial charge in [0.2, 0.25) is 5.91 Å². The van der Waals surface area contributed by atoms with Crippen molar-refractivity contribution >= 4 is 5.91 Å². The summed E-state index contributed by atoms with van der Waals surface area (Å²) in [5, 5.41) is 3.09. The van der Waals surface area contributed by atoms with Crippen LogP contribution in [-0.4, -0.2) is 48.4 Å². The third-order valence-corrected chi connectivity index (χ3v) is 5.04. The lowest BCUT2D eigenvalue weighted by Gasteiger charge is -2.22. The van der Waals surface area contributed by atoms with Gasteiger partial charge in [0.05, 0.1) is 12.6 Å². The topological polar surface area (TPSA) is 35.6 Å². The summed E-state index contributed by atoms with van der Waals surface area (Å²) in [6.07, 6.45) is 1.03. The zero-order chi connectivity index (χ0) is 19.1. The first kappa shape index (κ1) is 19.5. The molecule has 2 aromatic carbocycles. The molecule has 1 unspecified atom stereocenters. The Morgan fingerprint density at radius 2 is 1.67 bits per heavy atom. The largest absolute Gasteiger partial charge is 0.348 e. The average Bonchev–Trinajstić information content (AvgIpc) is 2.89. The van der Waals surface area contributed by atoms with E-state index < -0.39 is 0 Å². The molecule has 5 heteroatoms. The van der Waals surface area contributed by atoms with Crippen molar-refractivity contribution in [2.45, 2.75) is 25.9 Å². The van der Waals surface area contributed by atoms with Crippen molar-refractivity contribution in [2.75, 3.05) is 32.7 Å². The SMILES string of the molecule is CC(NC(=O)CN1CCCN(Cc2ccc(F)cc2)CC1)c1ccccc1. The zero-order valence-electron chi connectivity index (χ0n) is 15.9. The van der Waals surface area contributed by atoms with Gasteiger partial charge in [-0.1, -0.05) is 42.5 Å². The molecule has 0 spiro atoms. The molecule has 3 rings (SSSR count). The summed E-state index contributed by atoms with van der Waals surface area (Å²) >= 11 is 0. The van der Waals surface area contributed by atoms with Crippen LogP contribution in [0.5, 0.6) is 0 Å². The number of hydrogen-bond acceptors (Lipinski definition) is 3. The number of rotatable bonds is 6. The Morgan fingerprint density at radius 3 is 2.41 bits per heavy atom. The number of nitrogens with one attached hydrogen (secondary N) is 1. The maximum atomic E-state index is 13.0. The van der Waals surface area contributed by atoms with Crippen molar-refractivity contribution in [2.24, 2.45) is 0 Å². The Bertz CT molecular complexity index is 720. The highest BCUT2D eigenvalue weighted by Crippen LogP contribution is 2.12. The van der Waals surface area contributed by atoms with Gasteiger partial charge in [-0.05, 0) is 49.7 Å². The van der Waals surface area contributed by atoms with Crippen molar-refractivity contribution in [1.82, 2.24) is 15.1 Å². The second kappa shape index (κ2) is 9.62. The number of halogens is 1. The fraction of sp³-hybridized carbons (Fsp3) is 0.409. The summed E-state index contributed by atoms with van der Waals surface area (Å²) < 4.78 is 13.0. The van der Waals surface area contributed by atoms with Gasteiger partial charge in [0.1, 0.15) is 5.82 Å². The van der Waals surface area contributed by atoms with Crippen molar-refractivity contribution in [3.8, 4) is 0 Å². The molecule has 0 bridgehead atoms. The lowest BCUT2D eigenvalue weighted by atomic mass is 10.1. The third-order valence-electron chi connectivity index (χ3n) is 5.04. The molecular weight excluding hydrogens is 341 g/mol. The summed E-state index contributed by atoms with van der Waals surface area (Å²) in [6.45, 7) is 6.98. The first-order valence-electron chi connectivity index (χ1n) is 9.63. The van der Waals surface area contributed by atoms with E-state index in [4.69, 9.17) is 0 Å². The zero-order valence-corrected chi connectivity index (χ0v) is 15.9.